The van der Waals surface area contributed by atoms with Crippen LogP contribution in [0.25, 0.3) is 5.65 Å². The summed E-state index contributed by atoms with van der Waals surface area (Å²) in [6.07, 6.45) is 2.23. The maximum Gasteiger partial charge on any atom is 0.201 e. The van der Waals surface area contributed by atoms with Crippen molar-refractivity contribution in [2.75, 3.05) is 0 Å². The first-order valence-electron chi connectivity index (χ1n) is 3.27. The lowest BCUT2D eigenvalue weighted by atomic mass is 10.5. The molecule has 2 aromatic heterocycles. The van der Waals surface area contributed by atoms with Crippen LogP contribution >= 0.6 is 11.6 Å². The van der Waals surface area contributed by atoms with Gasteiger partial charge in [-0.15, -0.1) is 10.2 Å². The number of pyridine rings is 1. The minimum absolute atomic E-state index is 0.257. The van der Waals surface area contributed by atoms with Crippen LogP contribution in [0.2, 0.25) is 5.02 Å². The molecule has 5 heteroatoms. The topological polar surface area (TPSA) is 47.3 Å². The van der Waals surface area contributed by atoms with Crippen molar-refractivity contribution in [3.63, 3.8) is 0 Å². The van der Waals surface area contributed by atoms with Gasteiger partial charge in [0.2, 0.25) is 5.82 Å². The number of carbonyl (C=O) groups is 1. The summed E-state index contributed by atoms with van der Waals surface area (Å²) in [5, 5.41) is 7.94. The summed E-state index contributed by atoms with van der Waals surface area (Å²) in [5.74, 6) is 0.257. The maximum absolute atomic E-state index is 10.4. The quantitative estimate of drug-likeness (QED) is 0.621. The number of rotatable bonds is 1. The molecule has 12 heavy (non-hydrogen) atoms. The summed E-state index contributed by atoms with van der Waals surface area (Å²) in [5.41, 5.74) is 0.613. The second-order valence-corrected chi connectivity index (χ2v) is 2.69. The summed E-state index contributed by atoms with van der Waals surface area (Å²) in [6, 6.07) is 3.39. The van der Waals surface area contributed by atoms with Gasteiger partial charge in [-0.05, 0) is 12.1 Å². The normalized spacial score (nSPS) is 10.4. The smallest absolute Gasteiger partial charge is 0.201 e. The summed E-state index contributed by atoms with van der Waals surface area (Å²) in [7, 11) is 0. The van der Waals surface area contributed by atoms with Crippen LogP contribution in [0.3, 0.4) is 0 Å². The van der Waals surface area contributed by atoms with Gasteiger partial charge in [-0.3, -0.25) is 9.20 Å². The molecule has 0 unspecified atom stereocenters. The molecule has 0 bridgehead atoms. The first-order valence-corrected chi connectivity index (χ1v) is 3.64. The molecule has 2 rings (SSSR count). The van der Waals surface area contributed by atoms with Gasteiger partial charge in [-0.1, -0.05) is 11.6 Å². The molecule has 4 nitrogen and oxygen atoms in total. The van der Waals surface area contributed by atoms with Crippen molar-refractivity contribution in [2.24, 2.45) is 0 Å². The number of hydrogen-bond acceptors (Lipinski definition) is 3. The van der Waals surface area contributed by atoms with Crippen molar-refractivity contribution in [2.45, 2.75) is 0 Å². The third kappa shape index (κ3) is 0.967. The van der Waals surface area contributed by atoms with Crippen LogP contribution in [-0.2, 0) is 0 Å². The van der Waals surface area contributed by atoms with Crippen LogP contribution in [0.15, 0.2) is 18.3 Å². The molecule has 0 N–H and O–H groups in total. The number of nitrogens with zero attached hydrogens (tertiary/aromatic N) is 3. The average molecular weight is 182 g/mol. The van der Waals surface area contributed by atoms with Gasteiger partial charge >= 0.3 is 0 Å². The fourth-order valence-electron chi connectivity index (χ4n) is 0.963. The minimum Gasteiger partial charge on any atom is -0.294 e. The molecule has 0 aliphatic carbocycles. The Hall–Kier alpha value is -1.42. The lowest BCUT2D eigenvalue weighted by Crippen LogP contribution is -1.90. The van der Waals surface area contributed by atoms with Crippen molar-refractivity contribution in [3.05, 3.63) is 29.2 Å². The largest absolute Gasteiger partial charge is 0.294 e. The van der Waals surface area contributed by atoms with Crippen LogP contribution in [0, 0.1) is 0 Å². The van der Waals surface area contributed by atoms with Gasteiger partial charge in [0, 0.05) is 6.20 Å². The SMILES string of the molecule is O=Cc1nnc2ccc(Cl)cn12. The number of halogens is 1. The zero-order valence-corrected chi connectivity index (χ0v) is 6.69. The van der Waals surface area contributed by atoms with Crippen LogP contribution in [-0.4, -0.2) is 20.9 Å². The summed E-state index contributed by atoms with van der Waals surface area (Å²) >= 11 is 5.71. The van der Waals surface area contributed by atoms with E-state index < -0.39 is 0 Å². The lowest BCUT2D eigenvalue weighted by Gasteiger charge is -1.92. The molecule has 0 saturated heterocycles. The van der Waals surface area contributed by atoms with Crippen molar-refractivity contribution < 1.29 is 4.79 Å². The van der Waals surface area contributed by atoms with Crippen molar-refractivity contribution in [1.82, 2.24) is 14.6 Å². The standard InChI is InChI=1S/C7H4ClN3O/c8-5-1-2-6-9-10-7(4-12)11(6)3-5/h1-4H. The van der Waals surface area contributed by atoms with Crippen molar-refractivity contribution >= 4 is 23.5 Å². The first-order chi connectivity index (χ1) is 5.81. The Labute approximate surface area is 72.8 Å². The van der Waals surface area contributed by atoms with E-state index in [0.29, 0.717) is 17.0 Å². The van der Waals surface area contributed by atoms with Gasteiger partial charge in [0.05, 0.1) is 5.02 Å². The van der Waals surface area contributed by atoms with Gasteiger partial charge in [0.25, 0.3) is 0 Å². The molecule has 2 heterocycles. The van der Waals surface area contributed by atoms with E-state index in [1.807, 2.05) is 0 Å². The number of aldehydes is 1. The second-order valence-electron chi connectivity index (χ2n) is 2.25. The molecule has 0 saturated carbocycles. The first kappa shape index (κ1) is 7.24. The molecule has 0 radical (unpaired) electrons. The molecule has 0 atom stereocenters. The van der Waals surface area contributed by atoms with E-state index in [1.165, 1.54) is 4.40 Å². The Morgan fingerprint density at radius 1 is 1.42 bits per heavy atom. The minimum atomic E-state index is 0.257. The van der Waals surface area contributed by atoms with Crippen LogP contribution in [0.4, 0.5) is 0 Å². The maximum atomic E-state index is 10.4. The highest BCUT2D eigenvalue weighted by Crippen LogP contribution is 2.10. The fraction of sp³-hybridized carbons (Fsp3) is 0. The van der Waals surface area contributed by atoms with Gasteiger partial charge < -0.3 is 0 Å². The van der Waals surface area contributed by atoms with E-state index in [1.54, 1.807) is 18.3 Å². The molecule has 0 aromatic carbocycles. The number of hydrogen-bond donors (Lipinski definition) is 0. The average Bonchev–Trinajstić information content (AvgIpc) is 2.46. The highest BCUT2D eigenvalue weighted by Gasteiger charge is 2.02. The van der Waals surface area contributed by atoms with E-state index in [2.05, 4.69) is 10.2 Å². The zero-order valence-electron chi connectivity index (χ0n) is 5.94. The molecule has 0 fully saturated rings. The number of aromatic nitrogens is 3. The summed E-state index contributed by atoms with van der Waals surface area (Å²) < 4.78 is 1.54. The van der Waals surface area contributed by atoms with Crippen LogP contribution in [0.1, 0.15) is 10.6 Å². The Morgan fingerprint density at radius 3 is 3.00 bits per heavy atom. The third-order valence-corrected chi connectivity index (χ3v) is 1.72. The number of fused-ring (bicyclic) bond motifs is 1. The Balaban J connectivity index is 2.83. The van der Waals surface area contributed by atoms with E-state index >= 15 is 0 Å². The van der Waals surface area contributed by atoms with Gasteiger partial charge in [-0.25, -0.2) is 0 Å². The van der Waals surface area contributed by atoms with Crippen molar-refractivity contribution in [1.29, 1.82) is 0 Å². The predicted octanol–water partition coefficient (Wildman–Crippen LogP) is 1.20. The second kappa shape index (κ2) is 2.57. The van der Waals surface area contributed by atoms with Gasteiger partial charge in [-0.2, -0.15) is 0 Å². The summed E-state index contributed by atoms with van der Waals surface area (Å²) in [4.78, 5) is 10.4. The molecule has 60 valence electrons. The van der Waals surface area contributed by atoms with E-state index in [9.17, 15) is 4.79 Å². The summed E-state index contributed by atoms with van der Waals surface area (Å²) in [6.45, 7) is 0. The van der Waals surface area contributed by atoms with Gasteiger partial charge in [0.1, 0.15) is 0 Å². The van der Waals surface area contributed by atoms with E-state index in [4.69, 9.17) is 11.6 Å². The Morgan fingerprint density at radius 2 is 2.25 bits per heavy atom. The molecule has 2 aromatic rings. The lowest BCUT2D eigenvalue weighted by molar-refractivity contribution is 0.111. The third-order valence-electron chi connectivity index (χ3n) is 1.50. The van der Waals surface area contributed by atoms with Crippen LogP contribution < -0.4 is 0 Å². The molecule has 0 aliphatic heterocycles. The Kier molecular flexibility index (Phi) is 1.55. The molecule has 0 aliphatic rings. The van der Waals surface area contributed by atoms with E-state index in [-0.39, 0.29) is 5.82 Å². The van der Waals surface area contributed by atoms with Gasteiger partial charge in [0.15, 0.2) is 11.9 Å². The van der Waals surface area contributed by atoms with E-state index in [0.717, 1.165) is 0 Å². The number of carbonyl (C=O) groups excluding carboxylic acids is 1. The zero-order chi connectivity index (χ0) is 8.55. The fourth-order valence-corrected chi connectivity index (χ4v) is 1.12. The highest BCUT2D eigenvalue weighted by molar-refractivity contribution is 6.30. The molecular formula is C7H4ClN3O. The van der Waals surface area contributed by atoms with Crippen molar-refractivity contribution in [3.8, 4) is 0 Å². The molecular weight excluding hydrogens is 178 g/mol. The van der Waals surface area contributed by atoms with Crippen LogP contribution in [0.5, 0.6) is 0 Å². The predicted molar refractivity (Wildman–Crippen MR) is 43.4 cm³/mol. The highest BCUT2D eigenvalue weighted by atomic mass is 35.5. The molecule has 0 amide bonds. The monoisotopic (exact) mass is 181 g/mol. The Bertz CT molecular complexity index is 437. The molecule has 0 spiro atoms.